The van der Waals surface area contributed by atoms with Crippen LogP contribution in [0.15, 0.2) is 30.3 Å². The molecule has 0 radical (unpaired) electrons. The van der Waals surface area contributed by atoms with Gasteiger partial charge in [-0.2, -0.15) is 48.3 Å². The fourth-order valence-electron chi connectivity index (χ4n) is 1.75. The molecule has 0 aliphatic heterocycles. The van der Waals surface area contributed by atoms with Crippen molar-refractivity contribution in [2.45, 2.75) is 43.2 Å². The highest BCUT2D eigenvalue weighted by Gasteiger charge is 2.79. The van der Waals surface area contributed by atoms with Crippen molar-refractivity contribution in [2.24, 2.45) is 0 Å². The number of halogens is 11. The van der Waals surface area contributed by atoms with Gasteiger partial charge in [0.15, 0.2) is 0 Å². The van der Waals surface area contributed by atoms with E-state index < -0.39 is 42.2 Å². The first kappa shape index (κ1) is 23.9. The zero-order valence-electron chi connectivity index (χ0n) is 13.4. The monoisotopic (exact) mass is 433 g/mol. The van der Waals surface area contributed by atoms with Crippen molar-refractivity contribution in [3.63, 3.8) is 0 Å². The lowest BCUT2D eigenvalue weighted by Gasteiger charge is -2.34. The first-order valence-corrected chi connectivity index (χ1v) is 7.01. The number of benzene rings is 1. The van der Waals surface area contributed by atoms with E-state index in [1.165, 1.54) is 35.6 Å². The fourth-order valence-corrected chi connectivity index (χ4v) is 1.75. The highest BCUT2D eigenvalue weighted by molar-refractivity contribution is 5.85. The summed E-state index contributed by atoms with van der Waals surface area (Å²) in [6.45, 7) is 0.965. The Morgan fingerprint density at radius 2 is 1.32 bits per heavy atom. The lowest BCUT2D eigenvalue weighted by atomic mass is 10.1. The molecule has 0 fully saturated rings. The normalized spacial score (nSPS) is 17.0. The molecule has 0 aliphatic carbocycles. The van der Waals surface area contributed by atoms with E-state index in [-0.39, 0.29) is 5.56 Å². The number of rotatable bonds is 6. The van der Waals surface area contributed by atoms with Crippen LogP contribution in [0.3, 0.4) is 0 Å². The summed E-state index contributed by atoms with van der Waals surface area (Å²) in [5.74, 6) is -16.5. The zero-order chi connectivity index (χ0) is 22.2. The smallest absolute Gasteiger partial charge is 0.344 e. The second kappa shape index (κ2) is 7.37. The summed E-state index contributed by atoms with van der Waals surface area (Å²) in [4.78, 5) is 11.6. The number of nitrogens with one attached hydrogen (secondary N) is 1. The van der Waals surface area contributed by atoms with Crippen LogP contribution < -0.4 is 5.32 Å². The molecule has 0 bridgehead atoms. The van der Waals surface area contributed by atoms with Crippen LogP contribution >= 0.6 is 0 Å². The van der Waals surface area contributed by atoms with Gasteiger partial charge in [0.2, 0.25) is 0 Å². The highest BCUT2D eigenvalue weighted by atomic mass is 19.4. The van der Waals surface area contributed by atoms with Crippen molar-refractivity contribution in [1.82, 2.24) is 5.32 Å². The minimum absolute atomic E-state index is 0.0350. The molecule has 2 atom stereocenters. The van der Waals surface area contributed by atoms with Crippen LogP contribution in [0.2, 0.25) is 0 Å². The third-order valence-corrected chi connectivity index (χ3v) is 3.29. The van der Waals surface area contributed by atoms with Crippen LogP contribution in [0.5, 0.6) is 0 Å². The molecule has 1 aromatic carbocycles. The van der Waals surface area contributed by atoms with Gasteiger partial charge in [0, 0.05) is 0 Å². The third-order valence-electron chi connectivity index (χ3n) is 3.29. The predicted molar refractivity (Wildman–Crippen MR) is 69.9 cm³/mol. The molecular formula is C14H10F11NO2. The molecule has 1 N–H and O–H groups in total. The predicted octanol–water partition coefficient (Wildman–Crippen LogP) is 4.90. The van der Waals surface area contributed by atoms with E-state index in [2.05, 4.69) is 4.74 Å². The maximum atomic E-state index is 14.0. The summed E-state index contributed by atoms with van der Waals surface area (Å²) >= 11 is 0. The molecule has 3 nitrogen and oxygen atoms in total. The van der Waals surface area contributed by atoms with Crippen LogP contribution in [0.4, 0.5) is 48.3 Å². The quantitative estimate of drug-likeness (QED) is 0.649. The van der Waals surface area contributed by atoms with E-state index in [0.29, 0.717) is 0 Å². The van der Waals surface area contributed by atoms with Crippen molar-refractivity contribution in [3.05, 3.63) is 35.9 Å². The third kappa shape index (κ3) is 4.47. The van der Waals surface area contributed by atoms with E-state index in [0.717, 1.165) is 6.92 Å². The maximum absolute atomic E-state index is 14.0. The molecular weight excluding hydrogens is 423 g/mol. The molecule has 0 heterocycles. The number of carbonyl (C=O) groups is 1. The summed E-state index contributed by atoms with van der Waals surface area (Å²) in [5.41, 5.74) is 0.0350. The highest BCUT2D eigenvalue weighted by Crippen LogP contribution is 2.51. The lowest BCUT2D eigenvalue weighted by molar-refractivity contribution is -0.473. The molecule has 0 spiro atoms. The van der Waals surface area contributed by atoms with Crippen LogP contribution in [-0.2, 0) is 9.53 Å². The van der Waals surface area contributed by atoms with Crippen molar-refractivity contribution in [1.29, 1.82) is 0 Å². The Kier molecular flexibility index (Phi) is 6.29. The average Bonchev–Trinajstić information content (AvgIpc) is 2.52. The second-order valence-electron chi connectivity index (χ2n) is 5.39. The van der Waals surface area contributed by atoms with E-state index >= 15 is 0 Å². The number of ether oxygens (including phenoxy) is 1. The maximum Gasteiger partial charge on any atom is 0.462 e. The Bertz CT molecular complexity index is 687. The summed E-state index contributed by atoms with van der Waals surface area (Å²) in [5, 5.41) is 1.24. The van der Waals surface area contributed by atoms with Crippen LogP contribution in [0.1, 0.15) is 18.5 Å². The Labute approximate surface area is 149 Å². The summed E-state index contributed by atoms with van der Waals surface area (Å²) < 4.78 is 142. The molecule has 0 unspecified atom stereocenters. The van der Waals surface area contributed by atoms with Gasteiger partial charge in [-0.05, 0) is 12.5 Å². The van der Waals surface area contributed by atoms with Crippen LogP contribution in [0.25, 0.3) is 0 Å². The second-order valence-corrected chi connectivity index (χ2v) is 5.39. The van der Waals surface area contributed by atoms with Crippen molar-refractivity contribution < 1.29 is 57.8 Å². The van der Waals surface area contributed by atoms with Crippen LogP contribution in [0, 0.1) is 0 Å². The molecule has 1 rings (SSSR count). The minimum atomic E-state index is -7.23. The Balaban J connectivity index is 3.24. The average molecular weight is 433 g/mol. The summed E-state index contributed by atoms with van der Waals surface area (Å²) in [7, 11) is 0. The molecule has 0 aromatic heterocycles. The van der Waals surface area contributed by atoms with Gasteiger partial charge >= 0.3 is 30.2 Å². The van der Waals surface area contributed by atoms with Gasteiger partial charge in [-0.25, -0.2) is 0 Å². The van der Waals surface area contributed by atoms with Crippen molar-refractivity contribution in [2.75, 3.05) is 0 Å². The number of hydrogen-bond donors (Lipinski definition) is 1. The van der Waals surface area contributed by atoms with Gasteiger partial charge in [-0.3, -0.25) is 9.53 Å². The summed E-state index contributed by atoms with van der Waals surface area (Å²) in [6.07, 6.45) is -20.9. The van der Waals surface area contributed by atoms with E-state index in [4.69, 9.17) is 0 Å². The zero-order valence-corrected chi connectivity index (χ0v) is 13.4. The Morgan fingerprint density at radius 3 is 1.71 bits per heavy atom. The topological polar surface area (TPSA) is 38.3 Å². The number of amides is 1. The van der Waals surface area contributed by atoms with Gasteiger partial charge < -0.3 is 5.32 Å². The molecule has 0 saturated heterocycles. The van der Waals surface area contributed by atoms with Gasteiger partial charge in [0.05, 0.1) is 6.04 Å². The van der Waals surface area contributed by atoms with E-state index in [1.54, 1.807) is 0 Å². The molecule has 0 aliphatic rings. The van der Waals surface area contributed by atoms with E-state index in [9.17, 15) is 53.1 Å². The molecule has 28 heavy (non-hydrogen) atoms. The van der Waals surface area contributed by atoms with Gasteiger partial charge in [0.1, 0.15) is 0 Å². The lowest BCUT2D eigenvalue weighted by Crippen LogP contribution is -2.63. The largest absolute Gasteiger partial charge is 0.462 e. The van der Waals surface area contributed by atoms with Crippen LogP contribution in [-0.4, -0.2) is 36.1 Å². The van der Waals surface area contributed by atoms with Gasteiger partial charge in [0.25, 0.3) is 5.91 Å². The SMILES string of the molecule is C[C@H](NC(=O)[C@@](F)(OC(F)(F)C(F)(F)C(F)(F)F)C(F)(F)F)c1ccccc1. The first-order valence-electron chi connectivity index (χ1n) is 7.01. The standard InChI is InChI=1S/C14H10F11NO2/c1-7(8-5-3-2-4-6-8)26-9(27)10(15,12(18,19)20)28-14(24,25)11(16,17)13(21,22)23/h2-7H,1H3,(H,26,27)/t7-,10+/m0/s1. The molecule has 0 saturated carbocycles. The van der Waals surface area contributed by atoms with E-state index in [1.807, 2.05) is 0 Å². The number of alkyl halides is 11. The molecule has 14 heteroatoms. The fraction of sp³-hybridized carbons (Fsp3) is 0.500. The Hall–Kier alpha value is -2.12. The van der Waals surface area contributed by atoms with Gasteiger partial charge in [-0.15, -0.1) is 0 Å². The minimum Gasteiger partial charge on any atom is -0.344 e. The molecule has 160 valence electrons. The number of carbonyl (C=O) groups excluding carboxylic acids is 1. The van der Waals surface area contributed by atoms with Gasteiger partial charge in [-0.1, -0.05) is 30.3 Å². The molecule has 1 aromatic rings. The van der Waals surface area contributed by atoms with Crippen molar-refractivity contribution >= 4 is 5.91 Å². The molecule has 1 amide bonds. The van der Waals surface area contributed by atoms with Crippen molar-refractivity contribution in [3.8, 4) is 0 Å². The Morgan fingerprint density at radius 1 is 0.857 bits per heavy atom. The summed E-state index contributed by atoms with van der Waals surface area (Å²) in [6, 6.07) is 5.05. The number of hydrogen-bond acceptors (Lipinski definition) is 2. The first-order chi connectivity index (χ1) is 12.4.